The third-order valence-electron chi connectivity index (χ3n) is 4.23. The Morgan fingerprint density at radius 2 is 2.04 bits per heavy atom. The molecule has 1 aliphatic rings. The molecule has 2 rings (SSSR count). The lowest BCUT2D eigenvalue weighted by Crippen LogP contribution is -2.44. The highest BCUT2D eigenvalue weighted by molar-refractivity contribution is 5.79. The first kappa shape index (κ1) is 17.3. The summed E-state index contributed by atoms with van der Waals surface area (Å²) in [5.41, 5.74) is 2.33. The summed E-state index contributed by atoms with van der Waals surface area (Å²) in [6.07, 6.45) is 1.60. The smallest absolute Gasteiger partial charge is 0.310 e. The SMILES string of the molecule is CCOC(=O)C1CCCN(C(=O)COc2ccc(C)c(C)c2)C1. The molecule has 5 nitrogen and oxygen atoms in total. The lowest BCUT2D eigenvalue weighted by atomic mass is 9.98. The maximum Gasteiger partial charge on any atom is 0.310 e. The molecule has 1 heterocycles. The summed E-state index contributed by atoms with van der Waals surface area (Å²) >= 11 is 0. The van der Waals surface area contributed by atoms with Gasteiger partial charge in [0.15, 0.2) is 6.61 Å². The van der Waals surface area contributed by atoms with Crippen LogP contribution in [0, 0.1) is 19.8 Å². The molecule has 23 heavy (non-hydrogen) atoms. The van der Waals surface area contributed by atoms with Crippen LogP contribution in [-0.4, -0.2) is 43.1 Å². The van der Waals surface area contributed by atoms with Crippen LogP contribution in [0.5, 0.6) is 5.75 Å². The molecule has 0 saturated carbocycles. The number of likely N-dealkylation sites (tertiary alicyclic amines) is 1. The molecule has 0 radical (unpaired) electrons. The van der Waals surface area contributed by atoms with Gasteiger partial charge in [-0.05, 0) is 56.9 Å². The van der Waals surface area contributed by atoms with Gasteiger partial charge in [-0.25, -0.2) is 0 Å². The van der Waals surface area contributed by atoms with Crippen molar-refractivity contribution in [3.63, 3.8) is 0 Å². The van der Waals surface area contributed by atoms with Crippen LogP contribution in [0.15, 0.2) is 18.2 Å². The number of esters is 1. The molecule has 0 aromatic heterocycles. The van der Waals surface area contributed by atoms with Crippen LogP contribution < -0.4 is 4.74 Å². The number of rotatable bonds is 5. The molecule has 1 saturated heterocycles. The van der Waals surface area contributed by atoms with Crippen LogP contribution in [0.2, 0.25) is 0 Å². The molecule has 0 bridgehead atoms. The summed E-state index contributed by atoms with van der Waals surface area (Å²) in [5.74, 6) is 0.187. The Kier molecular flexibility index (Phi) is 6.02. The fraction of sp³-hybridized carbons (Fsp3) is 0.556. The minimum Gasteiger partial charge on any atom is -0.484 e. The number of nitrogens with zero attached hydrogens (tertiary/aromatic N) is 1. The molecular weight excluding hydrogens is 294 g/mol. The first-order valence-corrected chi connectivity index (χ1v) is 8.15. The molecular formula is C18H25NO4. The summed E-state index contributed by atoms with van der Waals surface area (Å²) in [5, 5.41) is 0. The van der Waals surface area contributed by atoms with E-state index in [1.807, 2.05) is 32.0 Å². The number of hydrogen-bond acceptors (Lipinski definition) is 4. The van der Waals surface area contributed by atoms with Crippen molar-refractivity contribution in [1.82, 2.24) is 4.90 Å². The number of benzene rings is 1. The quantitative estimate of drug-likeness (QED) is 0.783. The summed E-state index contributed by atoms with van der Waals surface area (Å²) in [6.45, 7) is 7.31. The van der Waals surface area contributed by atoms with Crippen LogP contribution >= 0.6 is 0 Å². The van der Waals surface area contributed by atoms with Gasteiger partial charge in [0.05, 0.1) is 12.5 Å². The van der Waals surface area contributed by atoms with Crippen molar-refractivity contribution in [2.75, 3.05) is 26.3 Å². The number of carbonyl (C=O) groups is 2. The van der Waals surface area contributed by atoms with Crippen LogP contribution in [0.4, 0.5) is 0 Å². The molecule has 1 fully saturated rings. The van der Waals surface area contributed by atoms with E-state index in [1.54, 1.807) is 11.8 Å². The molecule has 1 aromatic rings. The van der Waals surface area contributed by atoms with E-state index in [0.717, 1.165) is 18.4 Å². The fourth-order valence-corrected chi connectivity index (χ4v) is 2.70. The maximum absolute atomic E-state index is 12.3. The highest BCUT2D eigenvalue weighted by Crippen LogP contribution is 2.19. The van der Waals surface area contributed by atoms with Gasteiger partial charge in [0.1, 0.15) is 5.75 Å². The van der Waals surface area contributed by atoms with E-state index in [0.29, 0.717) is 25.4 Å². The van der Waals surface area contributed by atoms with Gasteiger partial charge < -0.3 is 14.4 Å². The molecule has 1 amide bonds. The Morgan fingerprint density at radius 3 is 2.74 bits per heavy atom. The predicted octanol–water partition coefficient (Wildman–Crippen LogP) is 2.48. The summed E-state index contributed by atoms with van der Waals surface area (Å²) < 4.78 is 10.6. The summed E-state index contributed by atoms with van der Waals surface area (Å²) in [6, 6.07) is 5.78. The maximum atomic E-state index is 12.3. The largest absolute Gasteiger partial charge is 0.484 e. The van der Waals surface area contributed by atoms with Gasteiger partial charge in [0.25, 0.3) is 5.91 Å². The minimum atomic E-state index is -0.214. The van der Waals surface area contributed by atoms with Gasteiger partial charge in [-0.3, -0.25) is 9.59 Å². The van der Waals surface area contributed by atoms with Crippen molar-refractivity contribution in [3.05, 3.63) is 29.3 Å². The zero-order chi connectivity index (χ0) is 16.8. The summed E-state index contributed by atoms with van der Waals surface area (Å²) in [7, 11) is 0. The Labute approximate surface area is 137 Å². The molecule has 0 aliphatic carbocycles. The van der Waals surface area contributed by atoms with Gasteiger partial charge in [0.2, 0.25) is 0 Å². The third-order valence-corrected chi connectivity index (χ3v) is 4.23. The third kappa shape index (κ3) is 4.71. The van der Waals surface area contributed by atoms with Gasteiger partial charge in [-0.2, -0.15) is 0 Å². The highest BCUT2D eigenvalue weighted by Gasteiger charge is 2.29. The molecule has 0 N–H and O–H groups in total. The second-order valence-corrected chi connectivity index (χ2v) is 5.97. The molecule has 1 aromatic carbocycles. The van der Waals surface area contributed by atoms with Crippen LogP contribution in [-0.2, 0) is 14.3 Å². The Bertz CT molecular complexity index is 570. The van der Waals surface area contributed by atoms with Gasteiger partial charge in [-0.1, -0.05) is 6.07 Å². The van der Waals surface area contributed by atoms with Crippen molar-refractivity contribution in [3.8, 4) is 5.75 Å². The normalized spacial score (nSPS) is 17.7. The highest BCUT2D eigenvalue weighted by atomic mass is 16.5. The van der Waals surface area contributed by atoms with E-state index in [2.05, 4.69) is 0 Å². The van der Waals surface area contributed by atoms with E-state index < -0.39 is 0 Å². The van der Waals surface area contributed by atoms with Crippen molar-refractivity contribution in [1.29, 1.82) is 0 Å². The average molecular weight is 319 g/mol. The standard InChI is InChI=1S/C18H25NO4/c1-4-22-18(21)15-6-5-9-19(11-15)17(20)12-23-16-8-7-13(2)14(3)10-16/h7-8,10,15H,4-6,9,11-12H2,1-3H3. The predicted molar refractivity (Wildman–Crippen MR) is 87.3 cm³/mol. The number of amides is 1. The topological polar surface area (TPSA) is 55.8 Å². The lowest BCUT2D eigenvalue weighted by Gasteiger charge is -2.31. The van der Waals surface area contributed by atoms with Crippen molar-refractivity contribution in [2.24, 2.45) is 5.92 Å². The van der Waals surface area contributed by atoms with Crippen LogP contribution in [0.3, 0.4) is 0 Å². The molecule has 0 spiro atoms. The molecule has 1 aliphatic heterocycles. The van der Waals surface area contributed by atoms with E-state index >= 15 is 0 Å². The van der Waals surface area contributed by atoms with Gasteiger partial charge in [-0.15, -0.1) is 0 Å². The second-order valence-electron chi connectivity index (χ2n) is 5.97. The molecule has 126 valence electrons. The van der Waals surface area contributed by atoms with Crippen molar-refractivity contribution >= 4 is 11.9 Å². The number of aryl methyl sites for hydroxylation is 2. The lowest BCUT2D eigenvalue weighted by molar-refractivity contribution is -0.151. The first-order valence-electron chi connectivity index (χ1n) is 8.15. The number of hydrogen-bond donors (Lipinski definition) is 0. The fourth-order valence-electron chi connectivity index (χ4n) is 2.70. The number of ether oxygens (including phenoxy) is 2. The average Bonchev–Trinajstić information content (AvgIpc) is 2.56. The van der Waals surface area contributed by atoms with E-state index in [1.165, 1.54) is 5.56 Å². The zero-order valence-electron chi connectivity index (χ0n) is 14.1. The monoisotopic (exact) mass is 319 g/mol. The Hall–Kier alpha value is -2.04. The minimum absolute atomic E-state index is 0.00194. The van der Waals surface area contributed by atoms with E-state index in [9.17, 15) is 9.59 Å². The molecule has 5 heteroatoms. The summed E-state index contributed by atoms with van der Waals surface area (Å²) in [4.78, 5) is 25.8. The van der Waals surface area contributed by atoms with Crippen LogP contribution in [0.1, 0.15) is 30.9 Å². The van der Waals surface area contributed by atoms with Gasteiger partial charge >= 0.3 is 5.97 Å². The van der Waals surface area contributed by atoms with Gasteiger partial charge in [0, 0.05) is 13.1 Å². The Morgan fingerprint density at radius 1 is 1.26 bits per heavy atom. The van der Waals surface area contributed by atoms with Crippen molar-refractivity contribution in [2.45, 2.75) is 33.6 Å². The molecule has 1 unspecified atom stereocenters. The molecule has 1 atom stereocenters. The second kappa shape index (κ2) is 7.99. The number of piperidine rings is 1. The zero-order valence-corrected chi connectivity index (χ0v) is 14.1. The number of carbonyl (C=O) groups excluding carboxylic acids is 2. The van der Waals surface area contributed by atoms with Crippen LogP contribution in [0.25, 0.3) is 0 Å². The Balaban J connectivity index is 1.87. The van der Waals surface area contributed by atoms with Crippen molar-refractivity contribution < 1.29 is 19.1 Å². The van der Waals surface area contributed by atoms with E-state index in [-0.39, 0.29) is 24.4 Å². The van der Waals surface area contributed by atoms with E-state index in [4.69, 9.17) is 9.47 Å². The first-order chi connectivity index (χ1) is 11.0.